The maximum Gasteiger partial charge on any atom is 0.0683 e. The Kier molecular flexibility index (Phi) is 1.18. The molecular formula is C11H14O2. The summed E-state index contributed by atoms with van der Waals surface area (Å²) in [6.07, 6.45) is 1.38. The SMILES string of the molecule is C1OCC2C1=C1CC2C2COCC12. The largest absolute Gasteiger partial charge is 0.380 e. The third-order valence-electron chi connectivity index (χ3n) is 4.51. The van der Waals surface area contributed by atoms with Gasteiger partial charge >= 0.3 is 0 Å². The fraction of sp³-hybridized carbons (Fsp3) is 0.818. The Labute approximate surface area is 77.9 Å². The molecule has 0 radical (unpaired) electrons. The van der Waals surface area contributed by atoms with E-state index in [-0.39, 0.29) is 0 Å². The average Bonchev–Trinajstić information content (AvgIpc) is 2.81. The van der Waals surface area contributed by atoms with Crippen LogP contribution in [0.2, 0.25) is 0 Å². The molecule has 0 aromatic rings. The standard InChI is InChI=1S/C11H14O2/c1-6-8-2-12-3-9(8)7(1)11-5-13-4-10(6)11/h6,8-10H,1-5H2. The summed E-state index contributed by atoms with van der Waals surface area (Å²) in [6.45, 7) is 3.93. The van der Waals surface area contributed by atoms with E-state index in [2.05, 4.69) is 0 Å². The van der Waals surface area contributed by atoms with E-state index in [1.807, 2.05) is 0 Å². The van der Waals surface area contributed by atoms with Crippen LogP contribution in [0, 0.1) is 23.7 Å². The summed E-state index contributed by atoms with van der Waals surface area (Å²) in [5.41, 5.74) is 3.40. The van der Waals surface area contributed by atoms with Crippen molar-refractivity contribution in [2.75, 3.05) is 26.4 Å². The molecule has 2 aliphatic heterocycles. The third-order valence-corrected chi connectivity index (χ3v) is 4.51. The van der Waals surface area contributed by atoms with Crippen molar-refractivity contribution < 1.29 is 9.47 Å². The van der Waals surface area contributed by atoms with Gasteiger partial charge < -0.3 is 9.47 Å². The van der Waals surface area contributed by atoms with Gasteiger partial charge in [-0.05, 0) is 23.8 Å². The Morgan fingerprint density at radius 1 is 0.846 bits per heavy atom. The first-order valence-corrected chi connectivity index (χ1v) is 5.32. The van der Waals surface area contributed by atoms with Gasteiger partial charge in [-0.1, -0.05) is 5.57 Å². The van der Waals surface area contributed by atoms with Gasteiger partial charge in [0.15, 0.2) is 0 Å². The summed E-state index contributed by atoms with van der Waals surface area (Å²) < 4.78 is 11.1. The maximum atomic E-state index is 5.58. The predicted molar refractivity (Wildman–Crippen MR) is 47.2 cm³/mol. The van der Waals surface area contributed by atoms with E-state index in [4.69, 9.17) is 9.47 Å². The van der Waals surface area contributed by atoms with Crippen molar-refractivity contribution in [1.82, 2.24) is 0 Å². The summed E-state index contributed by atoms with van der Waals surface area (Å²) in [5.74, 6) is 3.32. The molecular weight excluding hydrogens is 164 g/mol. The van der Waals surface area contributed by atoms with Crippen LogP contribution in [0.4, 0.5) is 0 Å². The Bertz CT molecular complexity index is 294. The van der Waals surface area contributed by atoms with Crippen molar-refractivity contribution in [2.45, 2.75) is 6.42 Å². The van der Waals surface area contributed by atoms with Gasteiger partial charge in [-0.15, -0.1) is 0 Å². The fourth-order valence-electron chi connectivity index (χ4n) is 3.93. The van der Waals surface area contributed by atoms with E-state index in [0.29, 0.717) is 0 Å². The first-order chi connectivity index (χ1) is 6.45. The quantitative estimate of drug-likeness (QED) is 0.519. The molecule has 2 heterocycles. The summed E-state index contributed by atoms with van der Waals surface area (Å²) >= 11 is 0. The average molecular weight is 178 g/mol. The molecule has 4 rings (SSSR count). The Balaban J connectivity index is 1.84. The first-order valence-electron chi connectivity index (χ1n) is 5.32. The molecule has 4 unspecified atom stereocenters. The molecule has 0 aromatic carbocycles. The molecule has 13 heavy (non-hydrogen) atoms. The van der Waals surface area contributed by atoms with Crippen molar-refractivity contribution in [3.63, 3.8) is 0 Å². The zero-order chi connectivity index (χ0) is 8.41. The molecule has 2 saturated heterocycles. The highest BCUT2D eigenvalue weighted by Gasteiger charge is 2.54. The predicted octanol–water partition coefficient (Wildman–Crippen LogP) is 1.23. The fourth-order valence-corrected chi connectivity index (χ4v) is 3.93. The van der Waals surface area contributed by atoms with Crippen LogP contribution >= 0.6 is 0 Å². The minimum absolute atomic E-state index is 0.790. The summed E-state index contributed by atoms with van der Waals surface area (Å²) in [4.78, 5) is 0. The maximum absolute atomic E-state index is 5.58. The van der Waals surface area contributed by atoms with Crippen molar-refractivity contribution in [3.8, 4) is 0 Å². The molecule has 70 valence electrons. The summed E-state index contributed by atoms with van der Waals surface area (Å²) in [7, 11) is 0. The molecule has 3 fully saturated rings. The lowest BCUT2D eigenvalue weighted by Crippen LogP contribution is -2.25. The normalized spacial score (nSPS) is 51.7. The van der Waals surface area contributed by atoms with E-state index in [1.165, 1.54) is 6.42 Å². The van der Waals surface area contributed by atoms with Crippen molar-refractivity contribution in [3.05, 3.63) is 11.1 Å². The van der Waals surface area contributed by atoms with E-state index < -0.39 is 0 Å². The zero-order valence-corrected chi connectivity index (χ0v) is 7.66. The molecule has 2 bridgehead atoms. The van der Waals surface area contributed by atoms with Crippen LogP contribution in [-0.4, -0.2) is 26.4 Å². The first kappa shape index (κ1) is 7.02. The minimum atomic E-state index is 0.790. The Morgan fingerprint density at radius 3 is 2.69 bits per heavy atom. The molecule has 2 heteroatoms. The Hall–Kier alpha value is -0.340. The van der Waals surface area contributed by atoms with Gasteiger partial charge in [0.2, 0.25) is 0 Å². The second-order valence-corrected chi connectivity index (χ2v) is 4.85. The van der Waals surface area contributed by atoms with Gasteiger partial charge in [0.25, 0.3) is 0 Å². The highest BCUT2D eigenvalue weighted by Crippen LogP contribution is 2.58. The summed E-state index contributed by atoms with van der Waals surface area (Å²) in [6, 6.07) is 0. The van der Waals surface area contributed by atoms with Gasteiger partial charge in [0, 0.05) is 11.8 Å². The second kappa shape index (κ2) is 2.18. The van der Waals surface area contributed by atoms with Crippen molar-refractivity contribution in [2.24, 2.45) is 23.7 Å². The number of rotatable bonds is 0. The van der Waals surface area contributed by atoms with E-state index in [9.17, 15) is 0 Å². The van der Waals surface area contributed by atoms with Crippen LogP contribution in [0.25, 0.3) is 0 Å². The summed E-state index contributed by atoms with van der Waals surface area (Å²) in [5, 5.41) is 0. The topological polar surface area (TPSA) is 18.5 Å². The molecule has 4 aliphatic rings. The number of fused-ring (bicyclic) bond motifs is 7. The molecule has 4 atom stereocenters. The van der Waals surface area contributed by atoms with Gasteiger partial charge in [0.05, 0.1) is 26.4 Å². The van der Waals surface area contributed by atoms with Crippen molar-refractivity contribution >= 4 is 0 Å². The zero-order valence-electron chi connectivity index (χ0n) is 7.66. The van der Waals surface area contributed by atoms with E-state index >= 15 is 0 Å². The van der Waals surface area contributed by atoms with Crippen LogP contribution in [0.3, 0.4) is 0 Å². The molecule has 0 amide bonds. The third kappa shape index (κ3) is 0.692. The smallest absolute Gasteiger partial charge is 0.0683 e. The number of hydrogen-bond donors (Lipinski definition) is 0. The van der Waals surface area contributed by atoms with Crippen LogP contribution in [0.1, 0.15) is 6.42 Å². The number of ether oxygens (including phenoxy) is 2. The van der Waals surface area contributed by atoms with Gasteiger partial charge in [-0.3, -0.25) is 0 Å². The molecule has 2 aliphatic carbocycles. The van der Waals surface area contributed by atoms with Crippen LogP contribution in [0.15, 0.2) is 11.1 Å². The highest BCUT2D eigenvalue weighted by molar-refractivity contribution is 5.36. The van der Waals surface area contributed by atoms with E-state index in [0.717, 1.165) is 50.1 Å². The molecule has 0 aromatic heterocycles. The minimum Gasteiger partial charge on any atom is -0.380 e. The monoisotopic (exact) mass is 178 g/mol. The van der Waals surface area contributed by atoms with E-state index in [1.54, 1.807) is 11.1 Å². The lowest BCUT2D eigenvalue weighted by Gasteiger charge is -2.25. The van der Waals surface area contributed by atoms with Crippen LogP contribution in [0.5, 0.6) is 0 Å². The second-order valence-electron chi connectivity index (χ2n) is 4.85. The van der Waals surface area contributed by atoms with Gasteiger partial charge in [0.1, 0.15) is 0 Å². The molecule has 0 N–H and O–H groups in total. The lowest BCUT2D eigenvalue weighted by molar-refractivity contribution is 0.139. The van der Waals surface area contributed by atoms with Crippen LogP contribution < -0.4 is 0 Å². The number of hydrogen-bond acceptors (Lipinski definition) is 2. The van der Waals surface area contributed by atoms with Crippen LogP contribution in [-0.2, 0) is 9.47 Å². The molecule has 1 saturated carbocycles. The highest BCUT2D eigenvalue weighted by atomic mass is 16.5. The molecule has 2 nitrogen and oxygen atoms in total. The lowest BCUT2D eigenvalue weighted by atomic mass is 9.77. The molecule has 0 spiro atoms. The van der Waals surface area contributed by atoms with Crippen molar-refractivity contribution in [1.29, 1.82) is 0 Å². The van der Waals surface area contributed by atoms with Gasteiger partial charge in [-0.2, -0.15) is 0 Å². The van der Waals surface area contributed by atoms with Gasteiger partial charge in [-0.25, -0.2) is 0 Å². The Morgan fingerprint density at radius 2 is 1.69 bits per heavy atom.